The molecule has 1 fully saturated rings. The molecule has 0 amide bonds. The monoisotopic (exact) mass is 259 g/mol. The van der Waals surface area contributed by atoms with E-state index in [1.165, 1.54) is 12.8 Å². The summed E-state index contributed by atoms with van der Waals surface area (Å²) in [5.41, 5.74) is 7.04. The molecule has 0 radical (unpaired) electrons. The highest BCUT2D eigenvalue weighted by Crippen LogP contribution is 2.34. The summed E-state index contributed by atoms with van der Waals surface area (Å²) in [6.45, 7) is 2.97. The van der Waals surface area contributed by atoms with Crippen molar-refractivity contribution in [1.29, 1.82) is 0 Å². The maximum atomic E-state index is 6.04. The van der Waals surface area contributed by atoms with Gasteiger partial charge in [-0.3, -0.25) is 0 Å². The Kier molecular flexibility index (Phi) is 3.14. The molecule has 2 heterocycles. The molecule has 3 N–H and O–H groups in total. The largest absolute Gasteiger partial charge is 0.362 e. The lowest BCUT2D eigenvalue weighted by Gasteiger charge is -2.39. The molecule has 1 aliphatic carbocycles. The van der Waals surface area contributed by atoms with E-state index in [4.69, 9.17) is 5.73 Å². The van der Waals surface area contributed by atoms with Crippen LogP contribution in [0.25, 0.3) is 5.52 Å². The van der Waals surface area contributed by atoms with E-state index in [-0.39, 0.29) is 5.54 Å². The standard InChI is InChI=1S/C14H21N5/c1-11-2-5-14(10-15,6-3-11)18-13-12-4-7-17-19(12)9-8-16-13/h4,7-9,11H,2-3,5-6,10,15H2,1H3,(H,16,18). The number of fused-ring (bicyclic) bond motifs is 1. The van der Waals surface area contributed by atoms with Crippen molar-refractivity contribution in [3.8, 4) is 0 Å². The van der Waals surface area contributed by atoms with E-state index in [1.54, 1.807) is 12.4 Å². The highest BCUT2D eigenvalue weighted by atomic mass is 15.2. The van der Waals surface area contributed by atoms with Crippen molar-refractivity contribution in [1.82, 2.24) is 14.6 Å². The molecule has 0 saturated heterocycles. The summed E-state index contributed by atoms with van der Waals surface area (Å²) >= 11 is 0. The zero-order chi connectivity index (χ0) is 13.3. The van der Waals surface area contributed by atoms with E-state index in [1.807, 2.05) is 16.8 Å². The van der Waals surface area contributed by atoms with E-state index in [0.717, 1.165) is 30.1 Å². The van der Waals surface area contributed by atoms with Gasteiger partial charge in [-0.05, 0) is 37.7 Å². The zero-order valence-electron chi connectivity index (χ0n) is 11.3. The molecule has 0 spiro atoms. The van der Waals surface area contributed by atoms with Crippen LogP contribution < -0.4 is 11.1 Å². The minimum Gasteiger partial charge on any atom is -0.362 e. The number of rotatable bonds is 3. The Labute approximate surface area is 113 Å². The van der Waals surface area contributed by atoms with Crippen molar-refractivity contribution in [3.05, 3.63) is 24.7 Å². The van der Waals surface area contributed by atoms with Crippen LogP contribution >= 0.6 is 0 Å². The molecular weight excluding hydrogens is 238 g/mol. The first-order valence-corrected chi connectivity index (χ1v) is 6.99. The average molecular weight is 259 g/mol. The summed E-state index contributed by atoms with van der Waals surface area (Å²) in [5, 5.41) is 7.84. The molecule has 102 valence electrons. The molecule has 19 heavy (non-hydrogen) atoms. The molecule has 3 rings (SSSR count). The number of nitrogens with zero attached hydrogens (tertiary/aromatic N) is 3. The van der Waals surface area contributed by atoms with Crippen LogP contribution in [0.5, 0.6) is 0 Å². The van der Waals surface area contributed by atoms with Gasteiger partial charge in [-0.25, -0.2) is 9.50 Å². The molecule has 1 saturated carbocycles. The normalized spacial score (nSPS) is 27.6. The number of hydrogen-bond donors (Lipinski definition) is 2. The van der Waals surface area contributed by atoms with Crippen molar-refractivity contribution >= 4 is 11.3 Å². The van der Waals surface area contributed by atoms with Crippen LogP contribution in [-0.2, 0) is 0 Å². The number of hydrogen-bond acceptors (Lipinski definition) is 4. The van der Waals surface area contributed by atoms with Crippen LogP contribution in [0.2, 0.25) is 0 Å². The Balaban J connectivity index is 1.88. The molecule has 0 aromatic carbocycles. The number of nitrogens with one attached hydrogen (secondary N) is 1. The second kappa shape index (κ2) is 4.81. The summed E-state index contributed by atoms with van der Waals surface area (Å²) < 4.78 is 1.84. The van der Waals surface area contributed by atoms with Crippen molar-refractivity contribution in [3.63, 3.8) is 0 Å². The summed E-state index contributed by atoms with van der Waals surface area (Å²) in [7, 11) is 0. The molecule has 1 aliphatic rings. The maximum absolute atomic E-state index is 6.04. The summed E-state index contributed by atoms with van der Waals surface area (Å²) in [5.74, 6) is 1.69. The van der Waals surface area contributed by atoms with Gasteiger partial charge in [-0.2, -0.15) is 5.10 Å². The summed E-state index contributed by atoms with van der Waals surface area (Å²) in [6.07, 6.45) is 10.1. The first-order valence-electron chi connectivity index (χ1n) is 6.99. The highest BCUT2D eigenvalue weighted by molar-refractivity contribution is 5.67. The maximum Gasteiger partial charge on any atom is 0.152 e. The average Bonchev–Trinajstić information content (AvgIpc) is 2.91. The van der Waals surface area contributed by atoms with Gasteiger partial charge in [0.1, 0.15) is 5.52 Å². The third kappa shape index (κ3) is 2.30. The van der Waals surface area contributed by atoms with Gasteiger partial charge in [-0.15, -0.1) is 0 Å². The molecule has 0 bridgehead atoms. The van der Waals surface area contributed by atoms with Crippen molar-refractivity contribution < 1.29 is 0 Å². The third-order valence-electron chi connectivity index (χ3n) is 4.33. The Bertz CT molecular complexity index is 554. The van der Waals surface area contributed by atoms with Gasteiger partial charge >= 0.3 is 0 Å². The molecule has 2 aromatic heterocycles. The molecule has 0 aliphatic heterocycles. The Hall–Kier alpha value is -1.62. The van der Waals surface area contributed by atoms with E-state index < -0.39 is 0 Å². The highest BCUT2D eigenvalue weighted by Gasteiger charge is 2.33. The minimum absolute atomic E-state index is 0.00831. The van der Waals surface area contributed by atoms with Crippen LogP contribution in [0.15, 0.2) is 24.7 Å². The third-order valence-corrected chi connectivity index (χ3v) is 4.33. The number of nitrogens with two attached hydrogens (primary N) is 1. The fourth-order valence-electron chi connectivity index (χ4n) is 2.90. The van der Waals surface area contributed by atoms with Gasteiger partial charge in [0.2, 0.25) is 0 Å². The topological polar surface area (TPSA) is 68.2 Å². The van der Waals surface area contributed by atoms with E-state index >= 15 is 0 Å². The van der Waals surface area contributed by atoms with Crippen LogP contribution in [-0.4, -0.2) is 26.7 Å². The molecular formula is C14H21N5. The Morgan fingerprint density at radius 2 is 2.21 bits per heavy atom. The summed E-state index contributed by atoms with van der Waals surface area (Å²) in [4.78, 5) is 4.46. The second-order valence-electron chi connectivity index (χ2n) is 5.73. The lowest BCUT2D eigenvalue weighted by Crippen LogP contribution is -2.48. The first-order chi connectivity index (χ1) is 9.22. The van der Waals surface area contributed by atoms with Crippen molar-refractivity contribution in [2.75, 3.05) is 11.9 Å². The predicted molar refractivity (Wildman–Crippen MR) is 76.0 cm³/mol. The molecule has 0 unspecified atom stereocenters. The van der Waals surface area contributed by atoms with Gasteiger partial charge < -0.3 is 11.1 Å². The predicted octanol–water partition coefficient (Wildman–Crippen LogP) is 2.05. The first kappa shape index (κ1) is 12.4. The van der Waals surface area contributed by atoms with E-state index in [2.05, 4.69) is 22.3 Å². The molecule has 5 nitrogen and oxygen atoms in total. The van der Waals surface area contributed by atoms with Crippen LogP contribution in [0.3, 0.4) is 0 Å². The Morgan fingerprint density at radius 1 is 1.42 bits per heavy atom. The number of anilines is 1. The van der Waals surface area contributed by atoms with Crippen molar-refractivity contribution in [2.24, 2.45) is 11.7 Å². The van der Waals surface area contributed by atoms with E-state index in [0.29, 0.717) is 6.54 Å². The molecule has 0 atom stereocenters. The lowest BCUT2D eigenvalue weighted by atomic mass is 9.77. The second-order valence-corrected chi connectivity index (χ2v) is 5.73. The van der Waals surface area contributed by atoms with Crippen LogP contribution in [0, 0.1) is 5.92 Å². The van der Waals surface area contributed by atoms with Gasteiger partial charge in [0.15, 0.2) is 5.82 Å². The zero-order valence-corrected chi connectivity index (χ0v) is 11.3. The van der Waals surface area contributed by atoms with Crippen LogP contribution in [0.1, 0.15) is 32.6 Å². The van der Waals surface area contributed by atoms with Gasteiger partial charge in [0.05, 0.1) is 11.7 Å². The quantitative estimate of drug-likeness (QED) is 0.885. The number of aromatic nitrogens is 3. The van der Waals surface area contributed by atoms with Crippen LogP contribution in [0.4, 0.5) is 5.82 Å². The van der Waals surface area contributed by atoms with Gasteiger partial charge in [0, 0.05) is 18.9 Å². The van der Waals surface area contributed by atoms with E-state index in [9.17, 15) is 0 Å². The summed E-state index contributed by atoms with van der Waals surface area (Å²) in [6, 6.07) is 1.98. The molecule has 2 aromatic rings. The van der Waals surface area contributed by atoms with Gasteiger partial charge in [-0.1, -0.05) is 6.92 Å². The molecule has 5 heteroatoms. The van der Waals surface area contributed by atoms with Gasteiger partial charge in [0.25, 0.3) is 0 Å². The fourth-order valence-corrected chi connectivity index (χ4v) is 2.90. The smallest absolute Gasteiger partial charge is 0.152 e. The minimum atomic E-state index is -0.00831. The van der Waals surface area contributed by atoms with Crippen molar-refractivity contribution in [2.45, 2.75) is 38.1 Å². The lowest BCUT2D eigenvalue weighted by molar-refractivity contribution is 0.271. The SMILES string of the molecule is CC1CCC(CN)(Nc2nccn3nccc23)CC1. The fraction of sp³-hybridized carbons (Fsp3) is 0.571. The Morgan fingerprint density at radius 3 is 2.95 bits per heavy atom.